The minimum atomic E-state index is -0.576. The number of nitrogens with one attached hydrogen (secondary N) is 1. The quantitative estimate of drug-likeness (QED) is 0.622. The minimum absolute atomic E-state index is 0.0286. The molecule has 2 aromatic carbocycles. The van der Waals surface area contributed by atoms with Crippen molar-refractivity contribution in [1.29, 1.82) is 0 Å². The zero-order valence-electron chi connectivity index (χ0n) is 15.4. The fourth-order valence-corrected chi connectivity index (χ4v) is 3.39. The molecular formula is C20H22N2O5. The van der Waals surface area contributed by atoms with Crippen LogP contribution in [0.1, 0.15) is 34.8 Å². The van der Waals surface area contributed by atoms with Gasteiger partial charge in [0.25, 0.3) is 11.6 Å². The van der Waals surface area contributed by atoms with Crippen molar-refractivity contribution in [2.45, 2.75) is 32.2 Å². The maximum absolute atomic E-state index is 12.8. The molecule has 0 bridgehead atoms. The van der Waals surface area contributed by atoms with Crippen LogP contribution < -0.4 is 14.8 Å². The molecule has 27 heavy (non-hydrogen) atoms. The summed E-state index contributed by atoms with van der Waals surface area (Å²) in [5.74, 6) is 0.0591. The predicted molar refractivity (Wildman–Crippen MR) is 101 cm³/mol. The average molecular weight is 370 g/mol. The molecule has 1 aliphatic rings. The molecule has 2 aromatic rings. The molecule has 1 N–H and O–H groups in total. The first kappa shape index (κ1) is 18.7. The standard InChI is InChI=1S/C20H22N2O5/c1-3-27-19-12-17(22(24)25)16(11-18(19)26-2)20(23)21-15-9-8-13-6-4-5-7-14(13)10-15/h4-7,11-12,15H,3,8-10H2,1-2H3,(H,21,23). The summed E-state index contributed by atoms with van der Waals surface area (Å²) in [6.07, 6.45) is 2.38. The van der Waals surface area contributed by atoms with Crippen molar-refractivity contribution in [3.63, 3.8) is 0 Å². The maximum Gasteiger partial charge on any atom is 0.286 e. The molecule has 1 unspecified atom stereocenters. The Morgan fingerprint density at radius 2 is 2.00 bits per heavy atom. The molecule has 3 rings (SSSR count). The van der Waals surface area contributed by atoms with E-state index in [-0.39, 0.29) is 23.0 Å². The molecule has 0 aliphatic heterocycles. The first-order valence-corrected chi connectivity index (χ1v) is 8.90. The molecule has 1 aliphatic carbocycles. The Morgan fingerprint density at radius 3 is 2.67 bits per heavy atom. The number of rotatable bonds is 6. The van der Waals surface area contributed by atoms with E-state index in [0.717, 1.165) is 12.8 Å². The minimum Gasteiger partial charge on any atom is -0.493 e. The van der Waals surface area contributed by atoms with Gasteiger partial charge in [0.15, 0.2) is 11.5 Å². The highest BCUT2D eigenvalue weighted by Gasteiger charge is 2.27. The predicted octanol–water partition coefficient (Wildman–Crippen LogP) is 3.29. The van der Waals surface area contributed by atoms with Crippen LogP contribution >= 0.6 is 0 Å². The highest BCUT2D eigenvalue weighted by Crippen LogP contribution is 2.35. The van der Waals surface area contributed by atoms with Crippen LogP contribution in [0.15, 0.2) is 36.4 Å². The summed E-state index contributed by atoms with van der Waals surface area (Å²) in [5.41, 5.74) is 2.16. The van der Waals surface area contributed by atoms with E-state index in [4.69, 9.17) is 9.47 Å². The van der Waals surface area contributed by atoms with Gasteiger partial charge in [-0.25, -0.2) is 0 Å². The van der Waals surface area contributed by atoms with Crippen LogP contribution in [0.25, 0.3) is 0 Å². The van der Waals surface area contributed by atoms with Crippen molar-refractivity contribution >= 4 is 11.6 Å². The van der Waals surface area contributed by atoms with E-state index in [1.807, 2.05) is 12.1 Å². The number of methoxy groups -OCH3 is 1. The van der Waals surface area contributed by atoms with Crippen molar-refractivity contribution in [3.8, 4) is 11.5 Å². The SMILES string of the molecule is CCOc1cc([N+](=O)[O-])c(C(=O)NC2CCc3ccccc3C2)cc1OC. The van der Waals surface area contributed by atoms with Crippen LogP contribution in [0, 0.1) is 10.1 Å². The van der Waals surface area contributed by atoms with E-state index in [1.165, 1.54) is 30.4 Å². The Hall–Kier alpha value is -3.09. The van der Waals surface area contributed by atoms with Crippen molar-refractivity contribution in [2.24, 2.45) is 0 Å². The van der Waals surface area contributed by atoms with Gasteiger partial charge < -0.3 is 14.8 Å². The lowest BCUT2D eigenvalue weighted by molar-refractivity contribution is -0.385. The number of benzene rings is 2. The molecule has 0 radical (unpaired) electrons. The number of amides is 1. The summed E-state index contributed by atoms with van der Waals surface area (Å²) in [6.45, 7) is 2.10. The van der Waals surface area contributed by atoms with Gasteiger partial charge in [-0.05, 0) is 37.3 Å². The number of nitro benzene ring substituents is 1. The van der Waals surface area contributed by atoms with Gasteiger partial charge in [0, 0.05) is 12.1 Å². The Labute approximate surface area is 157 Å². The van der Waals surface area contributed by atoms with Crippen LogP contribution in [0.4, 0.5) is 5.69 Å². The van der Waals surface area contributed by atoms with Gasteiger partial charge in [0.1, 0.15) is 5.56 Å². The van der Waals surface area contributed by atoms with Crippen LogP contribution in [-0.2, 0) is 12.8 Å². The largest absolute Gasteiger partial charge is 0.493 e. The van der Waals surface area contributed by atoms with Gasteiger partial charge in [0.2, 0.25) is 0 Å². The van der Waals surface area contributed by atoms with E-state index < -0.39 is 10.8 Å². The molecule has 0 saturated heterocycles. The van der Waals surface area contributed by atoms with E-state index >= 15 is 0 Å². The summed E-state index contributed by atoms with van der Waals surface area (Å²) >= 11 is 0. The highest BCUT2D eigenvalue weighted by molar-refractivity contribution is 5.99. The third-order valence-corrected chi connectivity index (χ3v) is 4.71. The topological polar surface area (TPSA) is 90.7 Å². The average Bonchev–Trinajstić information content (AvgIpc) is 2.67. The van der Waals surface area contributed by atoms with Gasteiger partial charge >= 0.3 is 0 Å². The Bertz CT molecular complexity index is 865. The number of aryl methyl sites for hydroxylation is 1. The van der Waals surface area contributed by atoms with Crippen molar-refractivity contribution in [2.75, 3.05) is 13.7 Å². The number of fused-ring (bicyclic) bond motifs is 1. The van der Waals surface area contributed by atoms with Gasteiger partial charge in [0.05, 0.1) is 24.7 Å². The number of carbonyl (C=O) groups excluding carboxylic acids is 1. The number of nitro groups is 1. The smallest absolute Gasteiger partial charge is 0.286 e. The van der Waals surface area contributed by atoms with Crippen LogP contribution in [0.5, 0.6) is 11.5 Å². The monoisotopic (exact) mass is 370 g/mol. The third-order valence-electron chi connectivity index (χ3n) is 4.71. The lowest BCUT2D eigenvalue weighted by atomic mass is 9.88. The lowest BCUT2D eigenvalue weighted by Crippen LogP contribution is -2.39. The molecule has 0 heterocycles. The van der Waals surface area contributed by atoms with Gasteiger partial charge in [-0.15, -0.1) is 0 Å². The van der Waals surface area contributed by atoms with Crippen molar-refractivity contribution in [1.82, 2.24) is 5.32 Å². The molecule has 7 nitrogen and oxygen atoms in total. The number of nitrogens with zero attached hydrogens (tertiary/aromatic N) is 1. The van der Waals surface area contributed by atoms with E-state index in [2.05, 4.69) is 17.4 Å². The Kier molecular flexibility index (Phi) is 5.59. The molecular weight excluding hydrogens is 348 g/mol. The highest BCUT2D eigenvalue weighted by atomic mass is 16.6. The second-order valence-electron chi connectivity index (χ2n) is 6.39. The number of carbonyl (C=O) groups is 1. The lowest BCUT2D eigenvalue weighted by Gasteiger charge is -2.25. The van der Waals surface area contributed by atoms with Crippen LogP contribution in [0.2, 0.25) is 0 Å². The Balaban J connectivity index is 1.84. The summed E-state index contributed by atoms with van der Waals surface area (Å²) in [5, 5.41) is 14.4. The van der Waals surface area contributed by atoms with E-state index in [9.17, 15) is 14.9 Å². The van der Waals surface area contributed by atoms with Crippen molar-refractivity contribution in [3.05, 3.63) is 63.2 Å². The first-order valence-electron chi connectivity index (χ1n) is 8.90. The normalized spacial score (nSPS) is 15.6. The van der Waals surface area contributed by atoms with Crippen molar-refractivity contribution < 1.29 is 19.2 Å². The molecule has 142 valence electrons. The fraction of sp³-hybridized carbons (Fsp3) is 0.350. The molecule has 7 heteroatoms. The van der Waals surface area contributed by atoms with Gasteiger partial charge in [-0.3, -0.25) is 14.9 Å². The third kappa shape index (κ3) is 4.02. The molecule has 1 atom stereocenters. The Morgan fingerprint density at radius 1 is 1.26 bits per heavy atom. The van der Waals surface area contributed by atoms with E-state index in [0.29, 0.717) is 18.8 Å². The zero-order valence-corrected chi connectivity index (χ0v) is 15.4. The zero-order chi connectivity index (χ0) is 19.4. The number of hydrogen-bond donors (Lipinski definition) is 1. The van der Waals surface area contributed by atoms with Crippen LogP contribution in [-0.4, -0.2) is 30.6 Å². The molecule has 0 aromatic heterocycles. The summed E-state index contributed by atoms with van der Waals surface area (Å²) in [7, 11) is 1.43. The van der Waals surface area contributed by atoms with Gasteiger partial charge in [-0.2, -0.15) is 0 Å². The van der Waals surface area contributed by atoms with E-state index in [1.54, 1.807) is 6.92 Å². The van der Waals surface area contributed by atoms with Gasteiger partial charge in [-0.1, -0.05) is 24.3 Å². The summed E-state index contributed by atoms with van der Waals surface area (Å²) in [4.78, 5) is 23.7. The summed E-state index contributed by atoms with van der Waals surface area (Å²) < 4.78 is 10.6. The molecule has 0 saturated carbocycles. The molecule has 0 spiro atoms. The maximum atomic E-state index is 12.8. The number of ether oxygens (including phenoxy) is 2. The second-order valence-corrected chi connectivity index (χ2v) is 6.39. The fourth-order valence-electron chi connectivity index (χ4n) is 3.39. The first-order chi connectivity index (χ1) is 13.0. The molecule has 1 amide bonds. The number of hydrogen-bond acceptors (Lipinski definition) is 5. The summed E-state index contributed by atoms with van der Waals surface area (Å²) in [6, 6.07) is 10.7. The molecule has 0 fully saturated rings. The van der Waals surface area contributed by atoms with Crippen LogP contribution in [0.3, 0.4) is 0 Å². The second kappa shape index (κ2) is 8.07.